The van der Waals surface area contributed by atoms with E-state index in [0.717, 1.165) is 16.8 Å². The fourth-order valence-electron chi connectivity index (χ4n) is 2.97. The van der Waals surface area contributed by atoms with Crippen LogP contribution in [0.4, 0.5) is 5.69 Å². The van der Waals surface area contributed by atoms with Crippen LogP contribution in [0.3, 0.4) is 0 Å². The minimum atomic E-state index is -0.344. The van der Waals surface area contributed by atoms with Crippen LogP contribution in [0.1, 0.15) is 24.5 Å². The van der Waals surface area contributed by atoms with Crippen molar-refractivity contribution < 1.29 is 4.79 Å². The Morgan fingerprint density at radius 1 is 1.15 bits per heavy atom. The summed E-state index contributed by atoms with van der Waals surface area (Å²) in [5.74, 6) is -0.0812. The van der Waals surface area contributed by atoms with Crippen LogP contribution in [0.5, 0.6) is 0 Å². The fourth-order valence-corrected chi connectivity index (χ4v) is 3.95. The second kappa shape index (κ2) is 7.96. The Morgan fingerprint density at radius 3 is 2.48 bits per heavy atom. The third kappa shape index (κ3) is 3.90. The second-order valence-electron chi connectivity index (χ2n) is 6.55. The Labute approximate surface area is 162 Å². The SMILES string of the molecule is CCC(Sc1nc2ccccc2c(=O)n1C)C(=O)Nc1c(C)cccc1C. The van der Waals surface area contributed by atoms with Gasteiger partial charge in [-0.05, 0) is 43.5 Å². The lowest BCUT2D eigenvalue weighted by molar-refractivity contribution is -0.115. The van der Waals surface area contributed by atoms with E-state index in [9.17, 15) is 9.59 Å². The van der Waals surface area contributed by atoms with Crippen LogP contribution in [-0.4, -0.2) is 20.7 Å². The molecule has 1 aromatic heterocycles. The van der Waals surface area contributed by atoms with E-state index in [4.69, 9.17) is 0 Å². The van der Waals surface area contributed by atoms with Gasteiger partial charge in [0, 0.05) is 12.7 Å². The number of carbonyl (C=O) groups excluding carboxylic acids is 1. The number of aryl methyl sites for hydroxylation is 2. The van der Waals surface area contributed by atoms with Gasteiger partial charge >= 0.3 is 0 Å². The smallest absolute Gasteiger partial charge is 0.261 e. The molecular weight excluding hydrogens is 358 g/mol. The van der Waals surface area contributed by atoms with Gasteiger partial charge in [0.15, 0.2) is 5.16 Å². The maximum atomic E-state index is 12.9. The van der Waals surface area contributed by atoms with Crippen molar-refractivity contribution in [3.05, 3.63) is 63.9 Å². The highest BCUT2D eigenvalue weighted by Gasteiger charge is 2.22. The number of hydrogen-bond acceptors (Lipinski definition) is 4. The molecule has 0 aliphatic carbocycles. The van der Waals surface area contributed by atoms with E-state index in [2.05, 4.69) is 10.3 Å². The van der Waals surface area contributed by atoms with Gasteiger partial charge in [-0.2, -0.15) is 0 Å². The minimum absolute atomic E-state index is 0.0812. The van der Waals surface area contributed by atoms with E-state index >= 15 is 0 Å². The average Bonchev–Trinajstić information content (AvgIpc) is 2.66. The number of hydrogen-bond donors (Lipinski definition) is 1. The lowest BCUT2D eigenvalue weighted by Gasteiger charge is -2.18. The molecule has 1 atom stereocenters. The number of nitrogens with zero attached hydrogens (tertiary/aromatic N) is 2. The first-order chi connectivity index (χ1) is 12.9. The van der Waals surface area contributed by atoms with Crippen molar-refractivity contribution >= 4 is 34.3 Å². The standard InChI is InChI=1S/C21H23N3O2S/c1-5-17(19(25)23-18-13(2)9-8-10-14(18)3)27-21-22-16-12-7-6-11-15(16)20(26)24(21)4/h6-12,17H,5H2,1-4H3,(H,23,25). The van der Waals surface area contributed by atoms with E-state index < -0.39 is 0 Å². The molecule has 6 heteroatoms. The maximum absolute atomic E-state index is 12.9. The third-order valence-corrected chi connectivity index (χ3v) is 5.99. The zero-order valence-corrected chi connectivity index (χ0v) is 16.8. The summed E-state index contributed by atoms with van der Waals surface area (Å²) in [6.45, 7) is 5.91. The first kappa shape index (κ1) is 19.2. The van der Waals surface area contributed by atoms with Crippen LogP contribution in [0.15, 0.2) is 52.4 Å². The molecule has 0 fully saturated rings. The number of benzene rings is 2. The summed E-state index contributed by atoms with van der Waals surface area (Å²) in [6.07, 6.45) is 0.629. The minimum Gasteiger partial charge on any atom is -0.325 e. The van der Waals surface area contributed by atoms with Crippen molar-refractivity contribution in [3.63, 3.8) is 0 Å². The molecule has 1 amide bonds. The molecule has 0 saturated heterocycles. The molecule has 0 bridgehead atoms. The quantitative estimate of drug-likeness (QED) is 0.535. The molecule has 1 heterocycles. The molecular formula is C21H23N3O2S. The summed E-state index contributed by atoms with van der Waals surface area (Å²) in [6, 6.07) is 13.2. The highest BCUT2D eigenvalue weighted by Crippen LogP contribution is 2.27. The average molecular weight is 382 g/mol. The number of fused-ring (bicyclic) bond motifs is 1. The molecule has 1 N–H and O–H groups in total. The molecule has 0 aliphatic heterocycles. The van der Waals surface area contributed by atoms with Crippen LogP contribution >= 0.6 is 11.8 Å². The van der Waals surface area contributed by atoms with Crippen molar-refractivity contribution in [3.8, 4) is 0 Å². The molecule has 3 aromatic rings. The topological polar surface area (TPSA) is 64.0 Å². The Kier molecular flexibility index (Phi) is 5.65. The molecule has 0 radical (unpaired) electrons. The largest absolute Gasteiger partial charge is 0.325 e. The summed E-state index contributed by atoms with van der Waals surface area (Å²) in [5, 5.41) is 3.83. The maximum Gasteiger partial charge on any atom is 0.261 e. The van der Waals surface area contributed by atoms with Gasteiger partial charge in [-0.25, -0.2) is 4.98 Å². The number of amides is 1. The summed E-state index contributed by atoms with van der Waals surface area (Å²) in [5.41, 5.74) is 3.45. The predicted octanol–water partition coefficient (Wildman–Crippen LogP) is 4.06. The first-order valence-corrected chi connectivity index (χ1v) is 9.79. The summed E-state index contributed by atoms with van der Waals surface area (Å²) in [4.78, 5) is 30.0. The summed E-state index contributed by atoms with van der Waals surface area (Å²) in [7, 11) is 1.69. The Morgan fingerprint density at radius 2 is 1.81 bits per heavy atom. The first-order valence-electron chi connectivity index (χ1n) is 8.92. The second-order valence-corrected chi connectivity index (χ2v) is 7.72. The van der Waals surface area contributed by atoms with E-state index in [1.165, 1.54) is 16.3 Å². The van der Waals surface area contributed by atoms with Gasteiger partial charge in [-0.3, -0.25) is 14.2 Å². The zero-order valence-electron chi connectivity index (χ0n) is 15.9. The van der Waals surface area contributed by atoms with Crippen molar-refractivity contribution in [2.45, 2.75) is 37.6 Å². The van der Waals surface area contributed by atoms with Gasteiger partial charge < -0.3 is 5.32 Å². The van der Waals surface area contributed by atoms with Gasteiger partial charge in [0.2, 0.25) is 5.91 Å². The molecule has 5 nitrogen and oxygen atoms in total. The van der Waals surface area contributed by atoms with E-state index in [1.807, 2.05) is 57.2 Å². The molecule has 3 rings (SSSR count). The van der Waals surface area contributed by atoms with Gasteiger partial charge in [-0.15, -0.1) is 0 Å². The Balaban J connectivity index is 1.89. The number of anilines is 1. The zero-order chi connectivity index (χ0) is 19.6. The summed E-state index contributed by atoms with van der Waals surface area (Å²) >= 11 is 1.32. The van der Waals surface area contributed by atoms with Gasteiger partial charge in [0.05, 0.1) is 16.2 Å². The van der Waals surface area contributed by atoms with Gasteiger partial charge in [-0.1, -0.05) is 49.0 Å². The number of carbonyl (C=O) groups is 1. The number of aromatic nitrogens is 2. The molecule has 140 valence electrons. The predicted molar refractivity (Wildman–Crippen MR) is 111 cm³/mol. The lowest BCUT2D eigenvalue weighted by atomic mass is 10.1. The normalized spacial score (nSPS) is 12.1. The van der Waals surface area contributed by atoms with Crippen LogP contribution in [0.2, 0.25) is 0 Å². The van der Waals surface area contributed by atoms with Crippen molar-refractivity contribution in [1.82, 2.24) is 9.55 Å². The molecule has 2 aromatic carbocycles. The number of para-hydroxylation sites is 2. The van der Waals surface area contributed by atoms with Crippen LogP contribution in [-0.2, 0) is 11.8 Å². The van der Waals surface area contributed by atoms with E-state index in [-0.39, 0.29) is 16.7 Å². The van der Waals surface area contributed by atoms with Crippen LogP contribution in [0, 0.1) is 13.8 Å². The van der Waals surface area contributed by atoms with E-state index in [0.29, 0.717) is 22.5 Å². The monoisotopic (exact) mass is 381 g/mol. The van der Waals surface area contributed by atoms with Gasteiger partial charge in [0.1, 0.15) is 0 Å². The fraction of sp³-hybridized carbons (Fsp3) is 0.286. The third-order valence-electron chi connectivity index (χ3n) is 4.58. The Bertz CT molecular complexity index is 1040. The number of thioether (sulfide) groups is 1. The van der Waals surface area contributed by atoms with Gasteiger partial charge in [0.25, 0.3) is 5.56 Å². The van der Waals surface area contributed by atoms with E-state index in [1.54, 1.807) is 13.1 Å². The number of nitrogens with one attached hydrogen (secondary N) is 1. The molecule has 27 heavy (non-hydrogen) atoms. The molecule has 1 unspecified atom stereocenters. The van der Waals surface area contributed by atoms with Crippen molar-refractivity contribution in [1.29, 1.82) is 0 Å². The molecule has 0 spiro atoms. The van der Waals surface area contributed by atoms with Crippen molar-refractivity contribution in [2.75, 3.05) is 5.32 Å². The molecule has 0 saturated carbocycles. The van der Waals surface area contributed by atoms with Crippen LogP contribution in [0.25, 0.3) is 10.9 Å². The molecule has 0 aliphatic rings. The lowest BCUT2D eigenvalue weighted by Crippen LogP contribution is -2.27. The summed E-state index contributed by atoms with van der Waals surface area (Å²) < 4.78 is 1.52. The number of rotatable bonds is 5. The Hall–Kier alpha value is -2.60. The van der Waals surface area contributed by atoms with Crippen LogP contribution < -0.4 is 10.9 Å². The van der Waals surface area contributed by atoms with Crippen molar-refractivity contribution in [2.24, 2.45) is 7.05 Å². The highest BCUT2D eigenvalue weighted by molar-refractivity contribution is 8.00. The highest BCUT2D eigenvalue weighted by atomic mass is 32.2.